The van der Waals surface area contributed by atoms with Crippen molar-refractivity contribution >= 4 is 34.1 Å². The summed E-state index contributed by atoms with van der Waals surface area (Å²) in [6.07, 6.45) is 0.0251. The molecule has 0 aliphatic rings. The fourth-order valence-electron chi connectivity index (χ4n) is 2.44. The summed E-state index contributed by atoms with van der Waals surface area (Å²) in [5.74, 6) is -1.23. The smallest absolute Gasteiger partial charge is 0.307 e. The van der Waals surface area contributed by atoms with Gasteiger partial charge in [-0.05, 0) is 29.6 Å². The molecule has 3 rings (SSSR count). The van der Waals surface area contributed by atoms with Gasteiger partial charge in [-0.25, -0.2) is 4.39 Å². The largest absolute Gasteiger partial charge is 0.469 e. The fourth-order valence-corrected chi connectivity index (χ4v) is 3.22. The Morgan fingerprint density at radius 2 is 2.17 bits per heavy atom. The zero-order chi connectivity index (χ0) is 17.1. The average Bonchev–Trinajstić information content (AvgIpc) is 3.24. The van der Waals surface area contributed by atoms with Crippen LogP contribution < -0.4 is 5.32 Å². The molecule has 3 aromatic rings. The number of hydrogen-bond donors (Lipinski definition) is 2. The summed E-state index contributed by atoms with van der Waals surface area (Å²) in [7, 11) is 1.30. The van der Waals surface area contributed by atoms with Crippen molar-refractivity contribution in [1.29, 1.82) is 0 Å². The second-order valence-corrected chi connectivity index (χ2v) is 6.19. The van der Waals surface area contributed by atoms with Crippen LogP contribution in [0.1, 0.15) is 27.8 Å². The van der Waals surface area contributed by atoms with E-state index in [2.05, 4.69) is 15.0 Å². The van der Waals surface area contributed by atoms with E-state index in [1.54, 1.807) is 12.1 Å². The first-order valence-corrected chi connectivity index (χ1v) is 8.14. The monoisotopic (exact) mass is 346 g/mol. The minimum atomic E-state index is -0.499. The Hall–Kier alpha value is -2.67. The summed E-state index contributed by atoms with van der Waals surface area (Å²) >= 11 is 1.44. The molecular weight excluding hydrogens is 331 g/mol. The van der Waals surface area contributed by atoms with Crippen LogP contribution in [0.15, 0.2) is 41.8 Å². The fraction of sp³-hybridized carbons (Fsp3) is 0.176. The predicted molar refractivity (Wildman–Crippen MR) is 89.4 cm³/mol. The van der Waals surface area contributed by atoms with E-state index in [0.717, 1.165) is 4.88 Å². The molecule has 124 valence electrons. The van der Waals surface area contributed by atoms with Crippen molar-refractivity contribution in [3.63, 3.8) is 0 Å². The van der Waals surface area contributed by atoms with E-state index in [-0.39, 0.29) is 12.1 Å². The summed E-state index contributed by atoms with van der Waals surface area (Å²) in [6.45, 7) is 0. The first-order chi connectivity index (χ1) is 11.6. The second-order valence-electron chi connectivity index (χ2n) is 5.21. The first-order valence-electron chi connectivity index (χ1n) is 7.27. The third-order valence-electron chi connectivity index (χ3n) is 3.65. The van der Waals surface area contributed by atoms with Crippen molar-refractivity contribution in [2.45, 2.75) is 12.5 Å². The van der Waals surface area contributed by atoms with Crippen molar-refractivity contribution in [1.82, 2.24) is 10.3 Å². The molecule has 7 heteroatoms. The van der Waals surface area contributed by atoms with Gasteiger partial charge in [-0.3, -0.25) is 9.59 Å². The number of benzene rings is 1. The molecule has 0 fully saturated rings. The Labute approximate surface area is 141 Å². The lowest BCUT2D eigenvalue weighted by Crippen LogP contribution is -2.30. The Kier molecular flexibility index (Phi) is 4.61. The molecule has 1 aromatic carbocycles. The second kappa shape index (κ2) is 6.84. The lowest BCUT2D eigenvalue weighted by Gasteiger charge is -2.15. The Bertz CT molecular complexity index is 873. The molecule has 1 atom stereocenters. The maximum atomic E-state index is 13.8. The van der Waals surface area contributed by atoms with Crippen molar-refractivity contribution in [3.05, 3.63) is 58.2 Å². The van der Waals surface area contributed by atoms with Crippen LogP contribution in [-0.2, 0) is 9.53 Å². The Balaban J connectivity index is 1.84. The van der Waals surface area contributed by atoms with Crippen molar-refractivity contribution < 1.29 is 18.7 Å². The van der Waals surface area contributed by atoms with Crippen LogP contribution >= 0.6 is 11.3 Å². The number of ether oxygens (including phenoxy) is 1. The number of fused-ring (bicyclic) bond motifs is 1. The first kappa shape index (κ1) is 16.2. The number of aromatic nitrogens is 1. The van der Waals surface area contributed by atoms with Gasteiger partial charge in [-0.2, -0.15) is 0 Å². The molecule has 0 spiro atoms. The molecule has 0 bridgehead atoms. The SMILES string of the molecule is COC(=O)CC(NC(=O)c1cc2c(F)cccc2[nH]1)c1cccs1. The number of carbonyl (C=O) groups is 2. The topological polar surface area (TPSA) is 71.2 Å². The van der Waals surface area contributed by atoms with Gasteiger partial charge in [-0.15, -0.1) is 11.3 Å². The highest BCUT2D eigenvalue weighted by molar-refractivity contribution is 7.10. The van der Waals surface area contributed by atoms with Gasteiger partial charge < -0.3 is 15.0 Å². The maximum absolute atomic E-state index is 13.8. The van der Waals surface area contributed by atoms with Gasteiger partial charge in [0.05, 0.1) is 19.6 Å². The normalized spacial score (nSPS) is 12.1. The Morgan fingerprint density at radius 3 is 2.83 bits per heavy atom. The molecule has 1 unspecified atom stereocenters. The van der Waals surface area contributed by atoms with E-state index in [0.29, 0.717) is 10.9 Å². The molecule has 1 amide bonds. The quantitative estimate of drug-likeness (QED) is 0.696. The van der Waals surface area contributed by atoms with Crippen molar-refractivity contribution in [2.24, 2.45) is 0 Å². The van der Waals surface area contributed by atoms with E-state index < -0.39 is 23.7 Å². The molecule has 24 heavy (non-hydrogen) atoms. The van der Waals surface area contributed by atoms with Gasteiger partial charge in [0.1, 0.15) is 11.5 Å². The van der Waals surface area contributed by atoms with Crippen LogP contribution in [0.5, 0.6) is 0 Å². The zero-order valence-electron chi connectivity index (χ0n) is 12.8. The number of H-pyrrole nitrogens is 1. The lowest BCUT2D eigenvalue weighted by molar-refractivity contribution is -0.141. The number of esters is 1. The third-order valence-corrected chi connectivity index (χ3v) is 4.63. The van der Waals surface area contributed by atoms with Crippen LogP contribution in [0, 0.1) is 5.82 Å². The summed E-state index contributed by atoms with van der Waals surface area (Å²) < 4.78 is 18.4. The van der Waals surface area contributed by atoms with Crippen LogP contribution in [0.2, 0.25) is 0 Å². The summed E-state index contributed by atoms with van der Waals surface area (Å²) in [6, 6.07) is 9.24. The van der Waals surface area contributed by atoms with Crippen molar-refractivity contribution in [2.75, 3.05) is 7.11 Å². The number of rotatable bonds is 5. The van der Waals surface area contributed by atoms with Crippen LogP contribution in [-0.4, -0.2) is 24.0 Å². The molecule has 2 N–H and O–H groups in total. The zero-order valence-corrected chi connectivity index (χ0v) is 13.7. The number of carbonyl (C=O) groups excluding carboxylic acids is 2. The van der Waals surface area contributed by atoms with Gasteiger partial charge in [0.15, 0.2) is 0 Å². The van der Waals surface area contributed by atoms with Gasteiger partial charge >= 0.3 is 5.97 Å². The molecular formula is C17H15FN2O3S. The number of hydrogen-bond acceptors (Lipinski definition) is 4. The predicted octanol–water partition coefficient (Wildman–Crippen LogP) is 3.40. The highest BCUT2D eigenvalue weighted by Gasteiger charge is 2.21. The van der Waals surface area contributed by atoms with Gasteiger partial charge in [-0.1, -0.05) is 12.1 Å². The number of nitrogens with one attached hydrogen (secondary N) is 2. The summed E-state index contributed by atoms with van der Waals surface area (Å²) in [5.41, 5.74) is 0.780. The maximum Gasteiger partial charge on any atom is 0.307 e. The lowest BCUT2D eigenvalue weighted by atomic mass is 10.1. The number of methoxy groups -OCH3 is 1. The molecule has 0 radical (unpaired) electrons. The highest BCUT2D eigenvalue weighted by Crippen LogP contribution is 2.24. The summed E-state index contributed by atoms with van der Waals surface area (Å²) in [5, 5.41) is 5.01. The highest BCUT2D eigenvalue weighted by atomic mass is 32.1. The molecule has 0 saturated heterocycles. The molecule has 0 aliphatic heterocycles. The van der Waals surface area contributed by atoms with Gasteiger partial charge in [0.25, 0.3) is 5.91 Å². The van der Waals surface area contributed by atoms with E-state index in [1.165, 1.54) is 30.6 Å². The number of halogens is 1. The van der Waals surface area contributed by atoms with Crippen LogP contribution in [0.3, 0.4) is 0 Å². The average molecular weight is 346 g/mol. The number of thiophene rings is 1. The van der Waals surface area contributed by atoms with Gasteiger partial charge in [0.2, 0.25) is 0 Å². The minimum Gasteiger partial charge on any atom is -0.469 e. The van der Waals surface area contributed by atoms with Gasteiger partial charge in [0, 0.05) is 15.8 Å². The molecule has 2 aromatic heterocycles. The molecule has 2 heterocycles. The third kappa shape index (κ3) is 3.30. The van der Waals surface area contributed by atoms with E-state index in [4.69, 9.17) is 0 Å². The molecule has 5 nitrogen and oxygen atoms in total. The van der Waals surface area contributed by atoms with E-state index >= 15 is 0 Å². The number of amides is 1. The standard InChI is InChI=1S/C17H15FN2O3S/c1-23-16(21)9-13(15-6-3-7-24-15)20-17(22)14-8-10-11(18)4-2-5-12(10)19-14/h2-8,13,19H,9H2,1H3,(H,20,22). The van der Waals surface area contributed by atoms with Crippen LogP contribution in [0.4, 0.5) is 4.39 Å². The van der Waals surface area contributed by atoms with E-state index in [9.17, 15) is 14.0 Å². The Morgan fingerprint density at radius 1 is 1.33 bits per heavy atom. The molecule has 0 saturated carbocycles. The number of aromatic amines is 1. The molecule has 0 aliphatic carbocycles. The summed E-state index contributed by atoms with van der Waals surface area (Å²) in [4.78, 5) is 27.8. The van der Waals surface area contributed by atoms with Crippen LogP contribution in [0.25, 0.3) is 10.9 Å². The minimum absolute atomic E-state index is 0.0251. The van der Waals surface area contributed by atoms with E-state index in [1.807, 2.05) is 17.5 Å². The van der Waals surface area contributed by atoms with Crippen molar-refractivity contribution in [3.8, 4) is 0 Å².